The highest BCUT2D eigenvalue weighted by molar-refractivity contribution is 9.10. The second kappa shape index (κ2) is 6.55. The van der Waals surface area contributed by atoms with E-state index in [2.05, 4.69) is 34.2 Å². The summed E-state index contributed by atoms with van der Waals surface area (Å²) in [5.41, 5.74) is 1.28. The molecular formula is C14H20BrNO2. The summed E-state index contributed by atoms with van der Waals surface area (Å²) in [5.74, 6) is 1.01. The molecule has 1 aliphatic heterocycles. The first-order valence-electron chi connectivity index (χ1n) is 6.48. The number of nitrogens with one attached hydrogen (secondary N) is 1. The van der Waals surface area contributed by atoms with Gasteiger partial charge in [-0.05, 0) is 43.5 Å². The van der Waals surface area contributed by atoms with E-state index in [0.29, 0.717) is 6.04 Å². The Kier molecular flexibility index (Phi) is 5.03. The van der Waals surface area contributed by atoms with Crippen LogP contribution in [0.25, 0.3) is 0 Å². The van der Waals surface area contributed by atoms with Crippen molar-refractivity contribution in [2.45, 2.75) is 38.3 Å². The summed E-state index contributed by atoms with van der Waals surface area (Å²) < 4.78 is 6.99. The van der Waals surface area contributed by atoms with Crippen LogP contribution in [-0.4, -0.2) is 30.4 Å². The zero-order valence-corrected chi connectivity index (χ0v) is 12.2. The van der Waals surface area contributed by atoms with Gasteiger partial charge in [0.05, 0.1) is 0 Å². The average molecular weight is 314 g/mol. The minimum atomic E-state index is 0.228. The van der Waals surface area contributed by atoms with Gasteiger partial charge in [0.1, 0.15) is 11.9 Å². The predicted molar refractivity (Wildman–Crippen MR) is 76.0 cm³/mol. The fraction of sp³-hybridized carbons (Fsp3) is 0.571. The summed E-state index contributed by atoms with van der Waals surface area (Å²) in [6.45, 7) is 3.28. The van der Waals surface area contributed by atoms with Crippen LogP contribution >= 0.6 is 15.9 Å². The topological polar surface area (TPSA) is 41.5 Å². The molecule has 0 radical (unpaired) electrons. The predicted octanol–water partition coefficient (Wildman–Crippen LogP) is 2.50. The van der Waals surface area contributed by atoms with E-state index in [4.69, 9.17) is 9.84 Å². The SMILES string of the molecule is CC(CCCO)NCC1Cc2cc(Br)ccc2O1. The Hall–Kier alpha value is -0.580. The molecule has 1 aliphatic rings. The molecule has 0 saturated heterocycles. The van der Waals surface area contributed by atoms with E-state index >= 15 is 0 Å². The standard InChI is InChI=1S/C14H20BrNO2/c1-10(3-2-6-17)16-9-13-8-11-7-12(15)4-5-14(11)18-13/h4-5,7,10,13,16-17H,2-3,6,8-9H2,1H3. The zero-order valence-electron chi connectivity index (χ0n) is 10.7. The average Bonchev–Trinajstić information content (AvgIpc) is 2.75. The van der Waals surface area contributed by atoms with Crippen molar-refractivity contribution in [3.05, 3.63) is 28.2 Å². The summed E-state index contributed by atoms with van der Waals surface area (Å²) in [4.78, 5) is 0. The second-order valence-electron chi connectivity index (χ2n) is 4.87. The van der Waals surface area contributed by atoms with Gasteiger partial charge in [-0.15, -0.1) is 0 Å². The summed E-state index contributed by atoms with van der Waals surface area (Å²) in [7, 11) is 0. The first-order valence-corrected chi connectivity index (χ1v) is 7.27. The van der Waals surface area contributed by atoms with Crippen molar-refractivity contribution in [3.63, 3.8) is 0 Å². The third-order valence-corrected chi connectivity index (χ3v) is 3.75. The Morgan fingerprint density at radius 1 is 1.56 bits per heavy atom. The molecule has 4 heteroatoms. The highest BCUT2D eigenvalue weighted by Crippen LogP contribution is 2.30. The third-order valence-electron chi connectivity index (χ3n) is 3.25. The largest absolute Gasteiger partial charge is 0.488 e. The molecule has 0 saturated carbocycles. The van der Waals surface area contributed by atoms with E-state index in [-0.39, 0.29) is 12.7 Å². The monoisotopic (exact) mass is 313 g/mol. The van der Waals surface area contributed by atoms with Crippen LogP contribution in [0.4, 0.5) is 0 Å². The van der Waals surface area contributed by atoms with E-state index in [1.165, 1.54) is 5.56 Å². The number of aliphatic hydroxyl groups is 1. The van der Waals surface area contributed by atoms with Crippen LogP contribution in [0.1, 0.15) is 25.3 Å². The Balaban J connectivity index is 1.77. The lowest BCUT2D eigenvalue weighted by atomic mass is 10.1. The van der Waals surface area contributed by atoms with E-state index in [1.807, 2.05) is 12.1 Å². The second-order valence-corrected chi connectivity index (χ2v) is 5.79. The van der Waals surface area contributed by atoms with Crippen molar-refractivity contribution < 1.29 is 9.84 Å². The highest BCUT2D eigenvalue weighted by atomic mass is 79.9. The van der Waals surface area contributed by atoms with Crippen molar-refractivity contribution in [3.8, 4) is 5.75 Å². The quantitative estimate of drug-likeness (QED) is 0.848. The van der Waals surface area contributed by atoms with Crippen molar-refractivity contribution in [1.82, 2.24) is 5.32 Å². The number of rotatable bonds is 6. The van der Waals surface area contributed by atoms with Gasteiger partial charge in [-0.3, -0.25) is 0 Å². The third kappa shape index (κ3) is 3.70. The molecule has 0 aromatic heterocycles. The summed E-state index contributed by atoms with van der Waals surface area (Å²) >= 11 is 3.48. The molecule has 2 atom stereocenters. The molecule has 2 N–H and O–H groups in total. The number of hydrogen-bond acceptors (Lipinski definition) is 3. The minimum absolute atomic E-state index is 0.228. The van der Waals surface area contributed by atoms with Gasteiger partial charge in [0.15, 0.2) is 0 Å². The molecule has 1 aromatic carbocycles. The van der Waals surface area contributed by atoms with Gasteiger partial charge >= 0.3 is 0 Å². The maximum atomic E-state index is 8.78. The van der Waals surface area contributed by atoms with E-state index in [9.17, 15) is 0 Å². The fourth-order valence-electron chi connectivity index (χ4n) is 2.24. The molecule has 2 rings (SSSR count). The van der Waals surface area contributed by atoms with Crippen molar-refractivity contribution >= 4 is 15.9 Å². The smallest absolute Gasteiger partial charge is 0.123 e. The van der Waals surface area contributed by atoms with Gasteiger partial charge in [-0.25, -0.2) is 0 Å². The van der Waals surface area contributed by atoms with Gasteiger partial charge in [0, 0.05) is 30.1 Å². The van der Waals surface area contributed by atoms with Crippen LogP contribution in [0, 0.1) is 0 Å². The van der Waals surface area contributed by atoms with Gasteiger partial charge in [-0.1, -0.05) is 15.9 Å². The van der Waals surface area contributed by atoms with E-state index in [1.54, 1.807) is 0 Å². The van der Waals surface area contributed by atoms with Crippen molar-refractivity contribution in [2.24, 2.45) is 0 Å². The number of ether oxygens (including phenoxy) is 1. The minimum Gasteiger partial charge on any atom is -0.488 e. The number of fused-ring (bicyclic) bond motifs is 1. The lowest BCUT2D eigenvalue weighted by Crippen LogP contribution is -2.35. The number of aliphatic hydroxyl groups excluding tert-OH is 1. The molecule has 1 heterocycles. The van der Waals surface area contributed by atoms with Gasteiger partial charge in [0.2, 0.25) is 0 Å². The van der Waals surface area contributed by atoms with Gasteiger partial charge < -0.3 is 15.2 Å². The molecule has 2 unspecified atom stereocenters. The molecule has 18 heavy (non-hydrogen) atoms. The Labute approximate surface area is 117 Å². The molecule has 0 amide bonds. The first-order chi connectivity index (χ1) is 8.69. The molecule has 0 spiro atoms. The van der Waals surface area contributed by atoms with Gasteiger partial charge in [-0.2, -0.15) is 0 Å². The molecule has 3 nitrogen and oxygen atoms in total. The Bertz CT molecular complexity index is 397. The van der Waals surface area contributed by atoms with Crippen molar-refractivity contribution in [1.29, 1.82) is 0 Å². The maximum Gasteiger partial charge on any atom is 0.123 e. The fourth-order valence-corrected chi connectivity index (χ4v) is 2.64. The molecule has 1 aromatic rings. The van der Waals surface area contributed by atoms with Gasteiger partial charge in [0.25, 0.3) is 0 Å². The summed E-state index contributed by atoms with van der Waals surface area (Å²) in [5, 5.41) is 12.2. The van der Waals surface area contributed by atoms with Crippen LogP contribution in [0.3, 0.4) is 0 Å². The molecule has 0 bridgehead atoms. The normalized spacial score (nSPS) is 19.4. The molecular weight excluding hydrogens is 294 g/mol. The van der Waals surface area contributed by atoms with E-state index in [0.717, 1.165) is 36.0 Å². The molecule has 0 fully saturated rings. The van der Waals surface area contributed by atoms with Crippen LogP contribution in [0.5, 0.6) is 5.75 Å². The zero-order chi connectivity index (χ0) is 13.0. The Morgan fingerprint density at radius 3 is 3.17 bits per heavy atom. The Morgan fingerprint density at radius 2 is 2.39 bits per heavy atom. The van der Waals surface area contributed by atoms with Crippen molar-refractivity contribution in [2.75, 3.05) is 13.2 Å². The lowest BCUT2D eigenvalue weighted by molar-refractivity contribution is 0.218. The summed E-state index contributed by atoms with van der Waals surface area (Å²) in [6, 6.07) is 6.59. The number of benzene rings is 1. The maximum absolute atomic E-state index is 8.78. The summed E-state index contributed by atoms with van der Waals surface area (Å²) in [6.07, 6.45) is 3.05. The van der Waals surface area contributed by atoms with Crippen LogP contribution in [0.15, 0.2) is 22.7 Å². The van der Waals surface area contributed by atoms with Crippen LogP contribution in [0.2, 0.25) is 0 Å². The lowest BCUT2D eigenvalue weighted by Gasteiger charge is -2.16. The molecule has 100 valence electrons. The number of halogens is 1. The van der Waals surface area contributed by atoms with Crippen LogP contribution in [-0.2, 0) is 6.42 Å². The molecule has 0 aliphatic carbocycles. The highest BCUT2D eigenvalue weighted by Gasteiger charge is 2.22. The number of hydrogen-bond donors (Lipinski definition) is 2. The first kappa shape index (κ1) is 13.8. The van der Waals surface area contributed by atoms with Crippen LogP contribution < -0.4 is 10.1 Å². The van der Waals surface area contributed by atoms with E-state index < -0.39 is 0 Å².